The van der Waals surface area contributed by atoms with Crippen LogP contribution in [0, 0.1) is 0 Å². The third kappa shape index (κ3) is 4.26. The van der Waals surface area contributed by atoms with Gasteiger partial charge < -0.3 is 9.26 Å². The van der Waals surface area contributed by atoms with Crippen molar-refractivity contribution < 1.29 is 14.1 Å². The van der Waals surface area contributed by atoms with Crippen LogP contribution in [-0.4, -0.2) is 22.5 Å². The number of ketones is 1. The SMILES string of the molecule is CCCC(OCC)c1noc(CC(=O)CC)n1. The van der Waals surface area contributed by atoms with E-state index in [1.54, 1.807) is 0 Å². The van der Waals surface area contributed by atoms with Crippen molar-refractivity contribution in [3.8, 4) is 0 Å². The van der Waals surface area contributed by atoms with E-state index >= 15 is 0 Å². The lowest BCUT2D eigenvalue weighted by atomic mass is 10.2. The van der Waals surface area contributed by atoms with E-state index in [0.717, 1.165) is 12.8 Å². The van der Waals surface area contributed by atoms with Crippen LogP contribution in [0.5, 0.6) is 0 Å². The van der Waals surface area contributed by atoms with E-state index in [2.05, 4.69) is 17.1 Å². The van der Waals surface area contributed by atoms with Crippen LogP contribution in [0.1, 0.15) is 57.9 Å². The van der Waals surface area contributed by atoms with Gasteiger partial charge in [0.05, 0.1) is 6.42 Å². The summed E-state index contributed by atoms with van der Waals surface area (Å²) in [5, 5.41) is 3.88. The number of ether oxygens (including phenoxy) is 1. The average Bonchev–Trinajstić information content (AvgIpc) is 2.77. The van der Waals surface area contributed by atoms with Crippen molar-refractivity contribution in [2.24, 2.45) is 0 Å². The molecule has 0 radical (unpaired) electrons. The summed E-state index contributed by atoms with van der Waals surface area (Å²) in [7, 11) is 0. The van der Waals surface area contributed by atoms with Gasteiger partial charge in [-0.2, -0.15) is 4.98 Å². The molecule has 96 valence electrons. The molecule has 0 aliphatic carbocycles. The molecule has 1 unspecified atom stereocenters. The first-order chi connectivity index (χ1) is 8.21. The third-order valence-corrected chi connectivity index (χ3v) is 2.43. The quantitative estimate of drug-likeness (QED) is 0.698. The number of nitrogens with zero attached hydrogens (tertiary/aromatic N) is 2. The van der Waals surface area contributed by atoms with E-state index in [4.69, 9.17) is 9.26 Å². The number of hydrogen-bond donors (Lipinski definition) is 0. The van der Waals surface area contributed by atoms with E-state index in [1.807, 2.05) is 13.8 Å². The summed E-state index contributed by atoms with van der Waals surface area (Å²) in [5.74, 6) is 1.03. The molecule has 1 atom stereocenters. The second-order valence-corrected chi connectivity index (χ2v) is 3.85. The molecule has 5 heteroatoms. The van der Waals surface area contributed by atoms with Crippen molar-refractivity contribution in [2.45, 2.75) is 52.6 Å². The minimum atomic E-state index is -0.126. The Kier molecular flexibility index (Phi) is 5.83. The van der Waals surface area contributed by atoms with Crippen LogP contribution >= 0.6 is 0 Å². The first-order valence-electron chi connectivity index (χ1n) is 6.16. The average molecular weight is 240 g/mol. The fourth-order valence-electron chi connectivity index (χ4n) is 1.51. The Morgan fingerprint density at radius 1 is 1.41 bits per heavy atom. The highest BCUT2D eigenvalue weighted by atomic mass is 16.5. The van der Waals surface area contributed by atoms with Crippen molar-refractivity contribution in [3.05, 3.63) is 11.7 Å². The van der Waals surface area contributed by atoms with Crippen molar-refractivity contribution in [2.75, 3.05) is 6.61 Å². The van der Waals surface area contributed by atoms with Gasteiger partial charge >= 0.3 is 0 Å². The third-order valence-electron chi connectivity index (χ3n) is 2.43. The topological polar surface area (TPSA) is 65.2 Å². The summed E-state index contributed by atoms with van der Waals surface area (Å²) in [6.07, 6.45) is 2.42. The number of carbonyl (C=O) groups excluding carboxylic acids is 1. The number of Topliss-reactive ketones (excluding diaryl/α,β-unsaturated/α-hetero) is 1. The molecule has 1 aromatic rings. The van der Waals surface area contributed by atoms with Crippen molar-refractivity contribution >= 4 is 5.78 Å². The first-order valence-corrected chi connectivity index (χ1v) is 6.16. The Labute approximate surface area is 102 Å². The zero-order chi connectivity index (χ0) is 12.7. The lowest BCUT2D eigenvalue weighted by molar-refractivity contribution is -0.118. The van der Waals surface area contributed by atoms with Crippen LogP contribution in [0.4, 0.5) is 0 Å². The molecule has 0 bridgehead atoms. The van der Waals surface area contributed by atoms with Crippen LogP contribution < -0.4 is 0 Å². The Morgan fingerprint density at radius 3 is 2.76 bits per heavy atom. The lowest BCUT2D eigenvalue weighted by Gasteiger charge is -2.11. The molecule has 0 saturated heterocycles. The van der Waals surface area contributed by atoms with Gasteiger partial charge in [-0.3, -0.25) is 4.79 Å². The molecule has 5 nitrogen and oxygen atoms in total. The van der Waals surface area contributed by atoms with Gasteiger partial charge in [-0.15, -0.1) is 0 Å². The molecule has 0 amide bonds. The van der Waals surface area contributed by atoms with Gasteiger partial charge in [-0.25, -0.2) is 0 Å². The molecule has 0 spiro atoms. The number of rotatable bonds is 8. The maximum atomic E-state index is 11.3. The van der Waals surface area contributed by atoms with Gasteiger partial charge in [-0.05, 0) is 13.3 Å². The van der Waals surface area contributed by atoms with E-state index in [0.29, 0.717) is 24.7 Å². The molecule has 0 N–H and O–H groups in total. The van der Waals surface area contributed by atoms with Crippen molar-refractivity contribution in [3.63, 3.8) is 0 Å². The fraction of sp³-hybridized carbons (Fsp3) is 0.750. The largest absolute Gasteiger partial charge is 0.370 e. The summed E-state index contributed by atoms with van der Waals surface area (Å²) in [4.78, 5) is 15.5. The summed E-state index contributed by atoms with van der Waals surface area (Å²) >= 11 is 0. The maximum Gasteiger partial charge on any atom is 0.234 e. The standard InChI is InChI=1S/C12H20N2O3/c1-4-7-10(16-6-3)12-13-11(17-14-12)8-9(15)5-2/h10H,4-8H2,1-3H3. The Hall–Kier alpha value is -1.23. The number of aromatic nitrogens is 2. The molecule has 0 fully saturated rings. The minimum absolute atomic E-state index is 0.101. The van der Waals surface area contributed by atoms with Crippen LogP contribution in [0.15, 0.2) is 4.52 Å². The molecule has 0 aromatic carbocycles. The molecular weight excluding hydrogens is 220 g/mol. The lowest BCUT2D eigenvalue weighted by Crippen LogP contribution is -2.06. The van der Waals surface area contributed by atoms with Crippen LogP contribution in [0.3, 0.4) is 0 Å². The summed E-state index contributed by atoms with van der Waals surface area (Å²) < 4.78 is 10.6. The number of hydrogen-bond acceptors (Lipinski definition) is 5. The fourth-order valence-corrected chi connectivity index (χ4v) is 1.51. The molecule has 0 saturated carbocycles. The predicted octanol–water partition coefficient (Wildman–Crippen LogP) is 2.47. The molecule has 17 heavy (non-hydrogen) atoms. The molecule has 1 aromatic heterocycles. The van der Waals surface area contributed by atoms with Crippen LogP contribution in [-0.2, 0) is 16.0 Å². The molecule has 1 heterocycles. The van der Waals surface area contributed by atoms with Gasteiger partial charge in [-0.1, -0.05) is 25.4 Å². The zero-order valence-electron chi connectivity index (χ0n) is 10.7. The van der Waals surface area contributed by atoms with Gasteiger partial charge in [0.2, 0.25) is 11.7 Å². The Morgan fingerprint density at radius 2 is 2.18 bits per heavy atom. The zero-order valence-corrected chi connectivity index (χ0v) is 10.7. The highest BCUT2D eigenvalue weighted by molar-refractivity contribution is 5.79. The van der Waals surface area contributed by atoms with Crippen molar-refractivity contribution in [1.82, 2.24) is 10.1 Å². The molecule has 0 aliphatic heterocycles. The molecular formula is C12H20N2O3. The van der Waals surface area contributed by atoms with Gasteiger partial charge in [0.15, 0.2) is 0 Å². The van der Waals surface area contributed by atoms with Gasteiger partial charge in [0.25, 0.3) is 0 Å². The molecule has 1 rings (SSSR count). The smallest absolute Gasteiger partial charge is 0.234 e. The highest BCUT2D eigenvalue weighted by Gasteiger charge is 2.18. The van der Waals surface area contributed by atoms with Crippen molar-refractivity contribution in [1.29, 1.82) is 0 Å². The summed E-state index contributed by atoms with van der Waals surface area (Å²) in [6, 6.07) is 0. The molecule has 0 aliphatic rings. The minimum Gasteiger partial charge on any atom is -0.370 e. The van der Waals surface area contributed by atoms with E-state index in [-0.39, 0.29) is 18.3 Å². The Bertz CT molecular complexity index is 343. The van der Waals surface area contributed by atoms with E-state index in [9.17, 15) is 4.79 Å². The normalized spacial score (nSPS) is 12.6. The maximum absolute atomic E-state index is 11.3. The highest BCUT2D eigenvalue weighted by Crippen LogP contribution is 2.20. The van der Waals surface area contributed by atoms with Crippen LogP contribution in [0.25, 0.3) is 0 Å². The summed E-state index contributed by atoms with van der Waals surface area (Å²) in [6.45, 7) is 6.44. The Balaban J connectivity index is 2.66. The number of carbonyl (C=O) groups is 1. The second-order valence-electron chi connectivity index (χ2n) is 3.85. The van der Waals surface area contributed by atoms with Gasteiger partial charge in [0.1, 0.15) is 11.9 Å². The van der Waals surface area contributed by atoms with E-state index in [1.165, 1.54) is 0 Å². The summed E-state index contributed by atoms with van der Waals surface area (Å²) in [5.41, 5.74) is 0. The van der Waals surface area contributed by atoms with Gasteiger partial charge in [0, 0.05) is 13.0 Å². The predicted molar refractivity (Wildman–Crippen MR) is 62.6 cm³/mol. The van der Waals surface area contributed by atoms with E-state index < -0.39 is 0 Å². The second kappa shape index (κ2) is 7.17. The first kappa shape index (κ1) is 13.8. The monoisotopic (exact) mass is 240 g/mol. The van der Waals surface area contributed by atoms with Crippen LogP contribution in [0.2, 0.25) is 0 Å².